The average molecular weight is 466 g/mol. The summed E-state index contributed by atoms with van der Waals surface area (Å²) >= 11 is 5.99. The summed E-state index contributed by atoms with van der Waals surface area (Å²) in [7, 11) is 1.58. The van der Waals surface area contributed by atoms with Crippen LogP contribution in [-0.2, 0) is 22.6 Å². The minimum absolute atomic E-state index is 0.0286. The number of ether oxygens (including phenoxy) is 1. The molecule has 33 heavy (non-hydrogen) atoms. The van der Waals surface area contributed by atoms with E-state index in [1.807, 2.05) is 49.4 Å². The monoisotopic (exact) mass is 465 g/mol. The Balaban J connectivity index is 1.31. The number of fused-ring (bicyclic) bond motifs is 1. The van der Waals surface area contributed by atoms with Gasteiger partial charge in [-0.05, 0) is 55.3 Å². The Kier molecular flexibility index (Phi) is 5.58. The highest BCUT2D eigenvalue weighted by molar-refractivity contribution is 6.30. The summed E-state index contributed by atoms with van der Waals surface area (Å²) in [5.74, 6) is 0.858. The lowest BCUT2D eigenvalue weighted by Gasteiger charge is -2.28. The smallest absolute Gasteiger partial charge is 0.228 e. The van der Waals surface area contributed by atoms with E-state index in [4.69, 9.17) is 20.9 Å². The summed E-state index contributed by atoms with van der Waals surface area (Å²) in [6.45, 7) is 3.25. The van der Waals surface area contributed by atoms with Gasteiger partial charge < -0.3 is 19.1 Å². The van der Waals surface area contributed by atoms with E-state index in [0.717, 1.165) is 28.1 Å². The van der Waals surface area contributed by atoms with E-state index in [-0.39, 0.29) is 18.2 Å². The molecule has 5 rings (SSSR count). The van der Waals surface area contributed by atoms with Crippen LogP contribution in [0.5, 0.6) is 5.75 Å². The number of aryl methyl sites for hydroxylation is 1. The first-order chi connectivity index (χ1) is 15.9. The third kappa shape index (κ3) is 3.97. The van der Waals surface area contributed by atoms with Crippen molar-refractivity contribution in [1.29, 1.82) is 0 Å². The standard InChI is InChI=1S/C25H24ClN3O4/c1-15-3-8-22(32-2)21(11-15)29-13-17(12-23(29)30)25(31)28-10-9-19-20(14-28)27-33-24(19)16-4-6-18(26)7-5-16/h3-8,11,17H,9-10,12-14H2,1-2H3. The molecule has 1 unspecified atom stereocenters. The van der Waals surface area contributed by atoms with Gasteiger partial charge in [-0.1, -0.05) is 22.8 Å². The van der Waals surface area contributed by atoms with Gasteiger partial charge in [-0.25, -0.2) is 0 Å². The molecule has 7 nitrogen and oxygen atoms in total. The molecule has 170 valence electrons. The summed E-state index contributed by atoms with van der Waals surface area (Å²) in [6.07, 6.45) is 0.840. The number of rotatable bonds is 4. The van der Waals surface area contributed by atoms with Gasteiger partial charge in [-0.3, -0.25) is 9.59 Å². The van der Waals surface area contributed by atoms with Crippen molar-refractivity contribution in [3.63, 3.8) is 0 Å². The highest BCUT2D eigenvalue weighted by Crippen LogP contribution is 2.36. The highest BCUT2D eigenvalue weighted by atomic mass is 35.5. The Hall–Kier alpha value is -3.32. The minimum Gasteiger partial charge on any atom is -0.495 e. The fourth-order valence-electron chi connectivity index (χ4n) is 4.62. The normalized spacial score (nSPS) is 17.9. The van der Waals surface area contributed by atoms with Gasteiger partial charge in [-0.15, -0.1) is 0 Å². The molecule has 1 atom stereocenters. The summed E-state index contributed by atoms with van der Waals surface area (Å²) in [4.78, 5) is 29.6. The van der Waals surface area contributed by atoms with Crippen LogP contribution in [0.1, 0.15) is 23.2 Å². The highest BCUT2D eigenvalue weighted by Gasteiger charge is 2.39. The predicted octanol–water partition coefficient (Wildman–Crippen LogP) is 4.25. The zero-order valence-corrected chi connectivity index (χ0v) is 19.3. The molecule has 3 aromatic rings. The van der Waals surface area contributed by atoms with Gasteiger partial charge >= 0.3 is 0 Å². The molecule has 3 heterocycles. The summed E-state index contributed by atoms with van der Waals surface area (Å²) in [5, 5.41) is 4.89. The number of halogens is 1. The number of hydrogen-bond donors (Lipinski definition) is 0. The number of carbonyl (C=O) groups excluding carboxylic acids is 2. The summed E-state index contributed by atoms with van der Waals surface area (Å²) in [5.41, 5.74) is 4.44. The van der Waals surface area contributed by atoms with Crippen LogP contribution >= 0.6 is 11.6 Å². The number of aromatic nitrogens is 1. The summed E-state index contributed by atoms with van der Waals surface area (Å²) in [6, 6.07) is 13.1. The molecule has 0 N–H and O–H groups in total. The Morgan fingerprint density at radius 1 is 1.21 bits per heavy atom. The number of methoxy groups -OCH3 is 1. The van der Waals surface area contributed by atoms with Crippen molar-refractivity contribution in [2.24, 2.45) is 5.92 Å². The zero-order valence-electron chi connectivity index (χ0n) is 18.5. The first-order valence-corrected chi connectivity index (χ1v) is 11.3. The van der Waals surface area contributed by atoms with Crippen molar-refractivity contribution < 1.29 is 18.8 Å². The SMILES string of the molecule is COc1ccc(C)cc1N1CC(C(=O)N2CCc3c(noc3-c3ccc(Cl)cc3)C2)CC1=O. The molecule has 8 heteroatoms. The fourth-order valence-corrected chi connectivity index (χ4v) is 4.75. The van der Waals surface area contributed by atoms with E-state index in [1.165, 1.54) is 0 Å². The van der Waals surface area contributed by atoms with Crippen molar-refractivity contribution in [2.75, 3.05) is 25.1 Å². The van der Waals surface area contributed by atoms with Crippen molar-refractivity contribution in [2.45, 2.75) is 26.3 Å². The Morgan fingerprint density at radius 3 is 2.76 bits per heavy atom. The second-order valence-electron chi connectivity index (χ2n) is 8.53. The van der Waals surface area contributed by atoms with Crippen LogP contribution in [0, 0.1) is 12.8 Å². The molecule has 1 aromatic heterocycles. The molecule has 0 bridgehead atoms. The molecule has 2 aliphatic rings. The minimum atomic E-state index is -0.396. The molecule has 2 aromatic carbocycles. The van der Waals surface area contributed by atoms with Gasteiger partial charge in [0.15, 0.2) is 5.76 Å². The van der Waals surface area contributed by atoms with E-state index in [1.54, 1.807) is 16.9 Å². The molecule has 2 aliphatic heterocycles. The van der Waals surface area contributed by atoms with Crippen LogP contribution in [0.4, 0.5) is 5.69 Å². The fraction of sp³-hybridized carbons (Fsp3) is 0.320. The van der Waals surface area contributed by atoms with Gasteiger partial charge in [0.1, 0.15) is 11.4 Å². The molecular weight excluding hydrogens is 442 g/mol. The number of benzene rings is 2. The van der Waals surface area contributed by atoms with Gasteiger partial charge in [0, 0.05) is 35.7 Å². The van der Waals surface area contributed by atoms with E-state index >= 15 is 0 Å². The van der Waals surface area contributed by atoms with Gasteiger partial charge in [0.25, 0.3) is 0 Å². The number of anilines is 1. The lowest BCUT2D eigenvalue weighted by Crippen LogP contribution is -2.40. The van der Waals surface area contributed by atoms with Crippen LogP contribution in [0.15, 0.2) is 47.0 Å². The molecule has 0 aliphatic carbocycles. The Labute approximate surface area is 196 Å². The third-order valence-corrected chi connectivity index (χ3v) is 6.61. The molecule has 0 saturated carbocycles. The molecule has 0 spiro atoms. The third-order valence-electron chi connectivity index (χ3n) is 6.36. The topological polar surface area (TPSA) is 75.9 Å². The van der Waals surface area contributed by atoms with Crippen molar-refractivity contribution in [3.05, 3.63) is 64.3 Å². The van der Waals surface area contributed by atoms with Crippen molar-refractivity contribution in [1.82, 2.24) is 10.1 Å². The maximum absolute atomic E-state index is 13.3. The van der Waals surface area contributed by atoms with Gasteiger partial charge in [0.2, 0.25) is 11.8 Å². The van der Waals surface area contributed by atoms with E-state index in [9.17, 15) is 9.59 Å². The van der Waals surface area contributed by atoms with E-state index in [0.29, 0.717) is 42.5 Å². The number of hydrogen-bond acceptors (Lipinski definition) is 5. The second kappa shape index (κ2) is 8.56. The average Bonchev–Trinajstić information content (AvgIpc) is 3.42. The maximum Gasteiger partial charge on any atom is 0.228 e. The van der Waals surface area contributed by atoms with Crippen molar-refractivity contribution in [3.8, 4) is 17.1 Å². The predicted molar refractivity (Wildman–Crippen MR) is 124 cm³/mol. The summed E-state index contributed by atoms with van der Waals surface area (Å²) < 4.78 is 11.1. The molecule has 1 saturated heterocycles. The zero-order chi connectivity index (χ0) is 23.1. The first kappa shape index (κ1) is 21.5. The first-order valence-electron chi connectivity index (χ1n) is 10.9. The quantitative estimate of drug-likeness (QED) is 0.575. The number of amides is 2. The lowest BCUT2D eigenvalue weighted by molar-refractivity contribution is -0.136. The van der Waals surface area contributed by atoms with Crippen LogP contribution in [0.3, 0.4) is 0 Å². The molecule has 0 radical (unpaired) electrons. The maximum atomic E-state index is 13.3. The van der Waals surface area contributed by atoms with Gasteiger partial charge in [0.05, 0.1) is 25.3 Å². The van der Waals surface area contributed by atoms with E-state index < -0.39 is 5.92 Å². The number of nitrogens with zero attached hydrogens (tertiary/aromatic N) is 3. The molecule has 2 amide bonds. The molecule has 1 fully saturated rings. The Morgan fingerprint density at radius 2 is 2.00 bits per heavy atom. The number of carbonyl (C=O) groups is 2. The van der Waals surface area contributed by atoms with Crippen LogP contribution < -0.4 is 9.64 Å². The largest absolute Gasteiger partial charge is 0.495 e. The lowest BCUT2D eigenvalue weighted by atomic mass is 9.99. The van der Waals surface area contributed by atoms with Crippen LogP contribution in [0.2, 0.25) is 5.02 Å². The van der Waals surface area contributed by atoms with Crippen LogP contribution in [-0.4, -0.2) is 42.1 Å². The Bertz CT molecular complexity index is 1220. The van der Waals surface area contributed by atoms with Crippen molar-refractivity contribution >= 4 is 29.1 Å². The van der Waals surface area contributed by atoms with Crippen LogP contribution in [0.25, 0.3) is 11.3 Å². The molecular formula is C25H24ClN3O4. The second-order valence-corrected chi connectivity index (χ2v) is 8.97. The van der Waals surface area contributed by atoms with E-state index in [2.05, 4.69) is 5.16 Å². The van der Waals surface area contributed by atoms with Gasteiger partial charge in [-0.2, -0.15) is 0 Å².